The minimum atomic E-state index is -0.812. The van der Waals surface area contributed by atoms with E-state index in [1.165, 1.54) is 0 Å². The molecular weight excluding hydrogens is 216 g/mol. The third-order valence-electron chi connectivity index (χ3n) is 3.06. The summed E-state index contributed by atoms with van der Waals surface area (Å²) in [5, 5.41) is 17.3. The largest absolute Gasteiger partial charge is 0.481 e. The zero-order valence-electron chi connectivity index (χ0n) is 10.2. The lowest BCUT2D eigenvalue weighted by Gasteiger charge is -2.10. The highest BCUT2D eigenvalue weighted by molar-refractivity contribution is 5.90. The lowest BCUT2D eigenvalue weighted by Crippen LogP contribution is -2.08. The molecule has 2 aromatic rings. The lowest BCUT2D eigenvalue weighted by atomic mass is 9.94. The van der Waals surface area contributed by atoms with Crippen LogP contribution in [0.4, 0.5) is 0 Å². The van der Waals surface area contributed by atoms with Crippen LogP contribution in [0.2, 0.25) is 0 Å². The van der Waals surface area contributed by atoms with Crippen molar-refractivity contribution in [1.29, 1.82) is 0 Å². The number of hydrogen-bond acceptors (Lipinski definition) is 2. The van der Waals surface area contributed by atoms with Crippen LogP contribution in [0, 0.1) is 0 Å². The van der Waals surface area contributed by atoms with Crippen LogP contribution in [0.15, 0.2) is 18.2 Å². The highest BCUT2D eigenvalue weighted by Gasteiger charge is 2.20. The molecule has 17 heavy (non-hydrogen) atoms. The Hall–Kier alpha value is -1.84. The smallest absolute Gasteiger partial charge is 0.310 e. The fraction of sp³-hybridized carbons (Fsp3) is 0.385. The summed E-state index contributed by atoms with van der Waals surface area (Å²) in [5.41, 5.74) is 2.66. The van der Waals surface area contributed by atoms with Crippen LogP contribution in [0.5, 0.6) is 0 Å². The number of nitrogens with zero attached hydrogens (tertiary/aromatic N) is 1. The van der Waals surface area contributed by atoms with Crippen molar-refractivity contribution in [2.75, 3.05) is 0 Å². The first kappa shape index (κ1) is 11.6. The van der Waals surface area contributed by atoms with Crippen LogP contribution in [-0.4, -0.2) is 21.3 Å². The molecule has 0 aliphatic carbocycles. The Morgan fingerprint density at radius 1 is 1.35 bits per heavy atom. The average molecular weight is 232 g/mol. The lowest BCUT2D eigenvalue weighted by molar-refractivity contribution is -0.138. The quantitative estimate of drug-likeness (QED) is 0.855. The fourth-order valence-corrected chi connectivity index (χ4v) is 2.03. The Kier molecular flexibility index (Phi) is 2.88. The van der Waals surface area contributed by atoms with Gasteiger partial charge < -0.3 is 5.11 Å². The fourth-order valence-electron chi connectivity index (χ4n) is 2.03. The number of rotatable bonds is 3. The molecule has 0 aliphatic heterocycles. The molecule has 1 heterocycles. The summed E-state index contributed by atoms with van der Waals surface area (Å²) in [6.45, 7) is 5.83. The van der Waals surface area contributed by atoms with Gasteiger partial charge in [-0.1, -0.05) is 26.0 Å². The molecule has 90 valence electrons. The second-order valence-corrected chi connectivity index (χ2v) is 4.59. The number of carboxylic acid groups (broad SMARTS) is 1. The Balaban J connectivity index is 2.70. The monoisotopic (exact) mass is 232 g/mol. The predicted octanol–water partition coefficient (Wildman–Crippen LogP) is 2.87. The Morgan fingerprint density at radius 3 is 2.65 bits per heavy atom. The van der Waals surface area contributed by atoms with Crippen molar-refractivity contribution in [3.8, 4) is 0 Å². The topological polar surface area (TPSA) is 66.0 Å². The van der Waals surface area contributed by atoms with Crippen molar-refractivity contribution in [1.82, 2.24) is 10.2 Å². The second kappa shape index (κ2) is 4.20. The standard InChI is InChI=1S/C13H16N2O2/c1-7(2)12-11-9(8(3)13(16)17)5-4-6-10(11)14-15-12/h4-8H,1-3H3,(H,14,15)(H,16,17). The van der Waals surface area contributed by atoms with Gasteiger partial charge in [-0.25, -0.2) is 0 Å². The number of nitrogens with one attached hydrogen (secondary N) is 1. The van der Waals surface area contributed by atoms with Gasteiger partial charge in [0, 0.05) is 11.1 Å². The molecule has 1 unspecified atom stereocenters. The number of fused-ring (bicyclic) bond motifs is 1. The summed E-state index contributed by atoms with van der Waals surface area (Å²) in [5.74, 6) is -1.04. The molecule has 0 fully saturated rings. The first-order valence-electron chi connectivity index (χ1n) is 5.72. The molecule has 1 atom stereocenters. The first-order valence-corrected chi connectivity index (χ1v) is 5.72. The van der Waals surface area contributed by atoms with Crippen molar-refractivity contribution in [3.05, 3.63) is 29.5 Å². The molecule has 0 aliphatic rings. The maximum Gasteiger partial charge on any atom is 0.310 e. The van der Waals surface area contributed by atoms with E-state index >= 15 is 0 Å². The van der Waals surface area contributed by atoms with Crippen LogP contribution < -0.4 is 0 Å². The molecule has 0 saturated carbocycles. The van der Waals surface area contributed by atoms with E-state index in [0.29, 0.717) is 5.92 Å². The average Bonchev–Trinajstić information content (AvgIpc) is 2.71. The molecule has 0 spiro atoms. The van der Waals surface area contributed by atoms with E-state index in [9.17, 15) is 4.79 Å². The molecule has 0 amide bonds. The molecule has 2 rings (SSSR count). The normalized spacial score (nSPS) is 13.2. The number of benzene rings is 1. The maximum absolute atomic E-state index is 11.1. The Labute approximate surface area is 99.7 Å². The molecule has 1 aromatic heterocycles. The SMILES string of the molecule is CC(C)c1[nH]nc2cccc(C(C)C(=O)O)c12. The van der Waals surface area contributed by atoms with Crippen molar-refractivity contribution in [3.63, 3.8) is 0 Å². The zero-order chi connectivity index (χ0) is 12.6. The number of H-pyrrole nitrogens is 1. The first-order chi connectivity index (χ1) is 8.02. The summed E-state index contributed by atoms with van der Waals surface area (Å²) in [4.78, 5) is 11.1. The summed E-state index contributed by atoms with van der Waals surface area (Å²) < 4.78 is 0. The van der Waals surface area contributed by atoms with E-state index in [1.54, 1.807) is 6.92 Å². The summed E-state index contributed by atoms with van der Waals surface area (Å²) in [6, 6.07) is 5.61. The molecule has 0 radical (unpaired) electrons. The zero-order valence-corrected chi connectivity index (χ0v) is 10.2. The molecule has 0 bridgehead atoms. The molecule has 0 saturated heterocycles. The highest BCUT2D eigenvalue weighted by Crippen LogP contribution is 2.30. The number of aliphatic carboxylic acids is 1. The Bertz CT molecular complexity index is 558. The van der Waals surface area contributed by atoms with Gasteiger partial charge >= 0.3 is 5.97 Å². The van der Waals surface area contributed by atoms with Crippen LogP contribution in [0.1, 0.15) is 43.9 Å². The number of carboxylic acids is 1. The highest BCUT2D eigenvalue weighted by atomic mass is 16.4. The van der Waals surface area contributed by atoms with Crippen LogP contribution >= 0.6 is 0 Å². The van der Waals surface area contributed by atoms with Gasteiger partial charge in [0.1, 0.15) is 0 Å². The minimum absolute atomic E-state index is 0.294. The van der Waals surface area contributed by atoms with Crippen molar-refractivity contribution in [2.45, 2.75) is 32.6 Å². The molecule has 2 N–H and O–H groups in total. The van der Waals surface area contributed by atoms with Gasteiger partial charge in [-0.2, -0.15) is 5.10 Å². The van der Waals surface area contributed by atoms with Gasteiger partial charge in [0.2, 0.25) is 0 Å². The van der Waals surface area contributed by atoms with E-state index in [0.717, 1.165) is 22.2 Å². The second-order valence-electron chi connectivity index (χ2n) is 4.59. The van der Waals surface area contributed by atoms with Crippen molar-refractivity contribution in [2.24, 2.45) is 0 Å². The molecule has 4 nitrogen and oxygen atoms in total. The minimum Gasteiger partial charge on any atom is -0.481 e. The molecular formula is C13H16N2O2. The maximum atomic E-state index is 11.1. The van der Waals surface area contributed by atoms with Crippen molar-refractivity contribution < 1.29 is 9.90 Å². The van der Waals surface area contributed by atoms with E-state index in [-0.39, 0.29) is 0 Å². The molecule has 1 aromatic carbocycles. The van der Waals surface area contributed by atoms with Crippen LogP contribution in [0.25, 0.3) is 10.9 Å². The third-order valence-corrected chi connectivity index (χ3v) is 3.06. The number of hydrogen-bond donors (Lipinski definition) is 2. The van der Waals surface area contributed by atoms with Crippen molar-refractivity contribution >= 4 is 16.9 Å². The predicted molar refractivity (Wildman–Crippen MR) is 66.2 cm³/mol. The van der Waals surface area contributed by atoms with Gasteiger partial charge in [-0.15, -0.1) is 0 Å². The number of aromatic nitrogens is 2. The number of aromatic amines is 1. The van der Waals surface area contributed by atoms with E-state index < -0.39 is 11.9 Å². The number of carbonyl (C=O) groups is 1. The van der Waals surface area contributed by atoms with E-state index in [2.05, 4.69) is 24.0 Å². The summed E-state index contributed by atoms with van der Waals surface area (Å²) in [6.07, 6.45) is 0. The van der Waals surface area contributed by atoms with E-state index in [4.69, 9.17) is 5.11 Å². The van der Waals surface area contributed by atoms with Gasteiger partial charge in [-0.05, 0) is 24.5 Å². The van der Waals surface area contributed by atoms with E-state index in [1.807, 2.05) is 18.2 Å². The third kappa shape index (κ3) is 1.90. The van der Waals surface area contributed by atoms with Gasteiger partial charge in [0.05, 0.1) is 11.4 Å². The Morgan fingerprint density at radius 2 is 2.06 bits per heavy atom. The van der Waals surface area contributed by atoms with Gasteiger partial charge in [0.15, 0.2) is 0 Å². The van der Waals surface area contributed by atoms with Gasteiger partial charge in [0.25, 0.3) is 0 Å². The van der Waals surface area contributed by atoms with Crippen LogP contribution in [-0.2, 0) is 4.79 Å². The van der Waals surface area contributed by atoms with Crippen LogP contribution in [0.3, 0.4) is 0 Å². The summed E-state index contributed by atoms with van der Waals surface area (Å²) in [7, 11) is 0. The molecule has 4 heteroatoms. The summed E-state index contributed by atoms with van der Waals surface area (Å²) >= 11 is 0. The van der Waals surface area contributed by atoms with Gasteiger partial charge in [-0.3, -0.25) is 9.89 Å².